The molecule has 1 fully saturated rings. The molecule has 0 aliphatic heterocycles. The van der Waals surface area contributed by atoms with Gasteiger partial charge in [0.2, 0.25) is 0 Å². The summed E-state index contributed by atoms with van der Waals surface area (Å²) in [6, 6.07) is 7.05. The Bertz CT molecular complexity index is 1000. The van der Waals surface area contributed by atoms with Gasteiger partial charge in [-0.3, -0.25) is 14.9 Å². The van der Waals surface area contributed by atoms with E-state index in [-0.39, 0.29) is 11.4 Å². The molecule has 29 heavy (non-hydrogen) atoms. The zero-order valence-electron chi connectivity index (χ0n) is 16.6. The second-order valence-electron chi connectivity index (χ2n) is 7.14. The molecule has 0 spiro atoms. The van der Waals surface area contributed by atoms with Crippen molar-refractivity contribution >= 4 is 29.3 Å². The molecule has 1 aliphatic carbocycles. The lowest BCUT2D eigenvalue weighted by molar-refractivity contribution is -0.384. The highest BCUT2D eigenvalue weighted by Gasteiger charge is 2.26. The van der Waals surface area contributed by atoms with Crippen molar-refractivity contribution in [2.45, 2.75) is 39.7 Å². The van der Waals surface area contributed by atoms with Crippen LogP contribution >= 0.6 is 0 Å². The smallest absolute Gasteiger partial charge is 0.331 e. The molecule has 8 heteroatoms. The van der Waals surface area contributed by atoms with Gasteiger partial charge in [-0.15, -0.1) is 0 Å². The summed E-state index contributed by atoms with van der Waals surface area (Å²) in [4.78, 5) is 34.5. The van der Waals surface area contributed by atoms with Crippen molar-refractivity contribution in [3.8, 4) is 0 Å². The molecule has 8 nitrogen and oxygen atoms in total. The lowest BCUT2D eigenvalue weighted by Crippen LogP contribution is -2.21. The van der Waals surface area contributed by atoms with E-state index in [0.29, 0.717) is 11.6 Å². The van der Waals surface area contributed by atoms with E-state index in [9.17, 15) is 19.7 Å². The lowest BCUT2D eigenvalue weighted by Gasteiger charge is -2.08. The summed E-state index contributed by atoms with van der Waals surface area (Å²) in [5.74, 6) is -1.30. The molecule has 0 saturated heterocycles. The third-order valence-corrected chi connectivity index (χ3v) is 4.89. The number of hydrogen-bond acceptors (Lipinski definition) is 5. The second-order valence-corrected chi connectivity index (χ2v) is 7.14. The third kappa shape index (κ3) is 4.71. The number of aromatic nitrogens is 1. The van der Waals surface area contributed by atoms with Crippen molar-refractivity contribution in [2.24, 2.45) is 0 Å². The van der Waals surface area contributed by atoms with Crippen molar-refractivity contribution in [3.63, 3.8) is 0 Å². The van der Waals surface area contributed by atoms with Gasteiger partial charge in [-0.2, -0.15) is 0 Å². The zero-order chi connectivity index (χ0) is 21.1. The molecular weight excluding hydrogens is 374 g/mol. The number of hydrogen-bond donors (Lipinski definition) is 1. The highest BCUT2D eigenvalue weighted by molar-refractivity contribution is 5.96. The number of amides is 1. The van der Waals surface area contributed by atoms with E-state index in [2.05, 4.69) is 9.88 Å². The van der Waals surface area contributed by atoms with Crippen molar-refractivity contribution in [1.82, 2.24) is 4.57 Å². The largest absolute Gasteiger partial charge is 0.452 e. The van der Waals surface area contributed by atoms with Crippen LogP contribution in [0.3, 0.4) is 0 Å². The Labute approximate surface area is 168 Å². The van der Waals surface area contributed by atoms with Gasteiger partial charge >= 0.3 is 5.97 Å². The van der Waals surface area contributed by atoms with Gasteiger partial charge in [-0.1, -0.05) is 12.1 Å². The summed E-state index contributed by atoms with van der Waals surface area (Å²) in [6.07, 6.45) is 5.31. The highest BCUT2D eigenvalue weighted by Crippen LogP contribution is 2.38. The molecule has 2 aromatic rings. The molecule has 1 amide bonds. The quantitative estimate of drug-likeness (QED) is 0.331. The number of carbonyl (C=O) groups is 2. The summed E-state index contributed by atoms with van der Waals surface area (Å²) in [6.45, 7) is 5.17. The Morgan fingerprint density at radius 1 is 1.31 bits per heavy atom. The second kappa shape index (κ2) is 8.30. The monoisotopic (exact) mass is 397 g/mol. The van der Waals surface area contributed by atoms with Gasteiger partial charge in [0.1, 0.15) is 5.69 Å². The van der Waals surface area contributed by atoms with Gasteiger partial charge in [0.25, 0.3) is 11.6 Å². The number of nitrogens with zero attached hydrogens (tertiary/aromatic N) is 2. The number of nitro benzene ring substituents is 1. The van der Waals surface area contributed by atoms with Gasteiger partial charge in [0.05, 0.1) is 4.92 Å². The van der Waals surface area contributed by atoms with Crippen molar-refractivity contribution in [3.05, 3.63) is 63.0 Å². The SMILES string of the molecule is Cc1cccc([N+](=O)[O-])c1NC(=O)COC(=O)/C=C/c1cc(C)n(C2CC2)c1C. The van der Waals surface area contributed by atoms with E-state index in [0.717, 1.165) is 17.0 Å². The number of para-hydroxylation sites is 1. The Hall–Kier alpha value is -3.42. The molecule has 1 heterocycles. The summed E-state index contributed by atoms with van der Waals surface area (Å²) in [7, 11) is 0. The van der Waals surface area contributed by atoms with Crippen LogP contribution in [0.4, 0.5) is 11.4 Å². The number of aryl methyl sites for hydroxylation is 2. The van der Waals surface area contributed by atoms with Gasteiger partial charge in [0, 0.05) is 29.6 Å². The Kier molecular flexibility index (Phi) is 5.81. The number of nitrogens with one attached hydrogen (secondary N) is 1. The highest BCUT2D eigenvalue weighted by atomic mass is 16.6. The van der Waals surface area contributed by atoms with Gasteiger partial charge in [-0.25, -0.2) is 4.79 Å². The van der Waals surface area contributed by atoms with Gasteiger partial charge in [0.15, 0.2) is 6.61 Å². The maximum Gasteiger partial charge on any atom is 0.331 e. The molecular formula is C21H23N3O5. The van der Waals surface area contributed by atoms with Crippen molar-refractivity contribution < 1.29 is 19.2 Å². The fourth-order valence-corrected chi connectivity index (χ4v) is 3.35. The van der Waals surface area contributed by atoms with Crippen LogP contribution in [0.1, 0.15) is 41.4 Å². The standard InChI is InChI=1S/C21H23N3O5/c1-13-5-4-6-18(24(27)28)21(13)22-19(25)12-29-20(26)10-7-16-11-14(2)23(15(16)3)17-8-9-17/h4-7,10-11,17H,8-9,12H2,1-3H3,(H,22,25)/b10-7+. The van der Waals surface area contributed by atoms with Crippen LogP contribution in [0, 0.1) is 30.9 Å². The van der Waals surface area contributed by atoms with Crippen LogP contribution in [0.25, 0.3) is 6.08 Å². The number of ether oxygens (including phenoxy) is 1. The predicted molar refractivity (Wildman–Crippen MR) is 109 cm³/mol. The number of rotatable bonds is 7. The number of anilines is 1. The van der Waals surface area contributed by atoms with E-state index >= 15 is 0 Å². The first-order valence-electron chi connectivity index (χ1n) is 9.35. The first kappa shape index (κ1) is 20.3. The van der Waals surface area contributed by atoms with E-state index < -0.39 is 23.4 Å². The lowest BCUT2D eigenvalue weighted by atomic mass is 10.1. The molecule has 1 N–H and O–H groups in total. The topological polar surface area (TPSA) is 103 Å². The molecule has 1 saturated carbocycles. The van der Waals surface area contributed by atoms with Crippen LogP contribution in [-0.4, -0.2) is 28.0 Å². The average molecular weight is 397 g/mol. The van der Waals surface area contributed by atoms with Crippen molar-refractivity contribution in [2.75, 3.05) is 11.9 Å². The van der Waals surface area contributed by atoms with Crippen LogP contribution in [0.15, 0.2) is 30.3 Å². The van der Waals surface area contributed by atoms with E-state index in [1.54, 1.807) is 19.1 Å². The maximum absolute atomic E-state index is 12.1. The minimum atomic E-state index is -0.657. The molecule has 1 aromatic carbocycles. The molecule has 1 aromatic heterocycles. The first-order valence-corrected chi connectivity index (χ1v) is 9.35. The third-order valence-electron chi connectivity index (χ3n) is 4.89. The summed E-state index contributed by atoms with van der Waals surface area (Å²) in [5.41, 5.74) is 3.62. The summed E-state index contributed by atoms with van der Waals surface area (Å²) < 4.78 is 7.23. The molecule has 3 rings (SSSR count). The predicted octanol–water partition coefficient (Wildman–Crippen LogP) is 3.85. The van der Waals surface area contributed by atoms with Crippen molar-refractivity contribution in [1.29, 1.82) is 0 Å². The maximum atomic E-state index is 12.1. The van der Waals surface area contributed by atoms with Gasteiger partial charge < -0.3 is 14.6 Å². The van der Waals surface area contributed by atoms with Crippen LogP contribution in [-0.2, 0) is 14.3 Å². The number of carbonyl (C=O) groups excluding carboxylic acids is 2. The molecule has 0 unspecified atom stereocenters. The Balaban J connectivity index is 1.57. The summed E-state index contributed by atoms with van der Waals surface area (Å²) >= 11 is 0. The molecule has 0 atom stereocenters. The minimum absolute atomic E-state index is 0.0987. The van der Waals surface area contributed by atoms with Crippen LogP contribution < -0.4 is 5.32 Å². The fraction of sp³-hybridized carbons (Fsp3) is 0.333. The Morgan fingerprint density at radius 2 is 2.03 bits per heavy atom. The normalized spacial score (nSPS) is 13.5. The fourth-order valence-electron chi connectivity index (χ4n) is 3.35. The van der Waals surface area contributed by atoms with Crippen LogP contribution in [0.5, 0.6) is 0 Å². The number of nitro groups is 1. The number of benzene rings is 1. The Morgan fingerprint density at radius 3 is 2.69 bits per heavy atom. The molecule has 1 aliphatic rings. The summed E-state index contributed by atoms with van der Waals surface area (Å²) in [5, 5.41) is 13.5. The van der Waals surface area contributed by atoms with E-state index in [4.69, 9.17) is 4.74 Å². The van der Waals surface area contributed by atoms with E-state index in [1.807, 2.05) is 19.9 Å². The number of esters is 1. The first-order chi connectivity index (χ1) is 13.8. The minimum Gasteiger partial charge on any atom is -0.452 e. The zero-order valence-corrected chi connectivity index (χ0v) is 16.6. The van der Waals surface area contributed by atoms with E-state index in [1.165, 1.54) is 31.1 Å². The van der Waals surface area contributed by atoms with Gasteiger partial charge in [-0.05, 0) is 56.9 Å². The molecule has 0 radical (unpaired) electrons. The molecule has 152 valence electrons. The average Bonchev–Trinajstić information content (AvgIpc) is 3.45. The van der Waals surface area contributed by atoms with Crippen LogP contribution in [0.2, 0.25) is 0 Å². The molecule has 0 bridgehead atoms.